The number of hydrogen-bond donors (Lipinski definition) is 1. The molecule has 0 bridgehead atoms. The molecule has 4 rings (SSSR count). The minimum Gasteiger partial charge on any atom is -0.465 e. The quantitative estimate of drug-likeness (QED) is 0.793. The van der Waals surface area contributed by atoms with E-state index < -0.39 is 11.8 Å². The van der Waals surface area contributed by atoms with Crippen molar-refractivity contribution < 1.29 is 23.8 Å². The predicted molar refractivity (Wildman–Crippen MR) is 105 cm³/mol. The molecule has 1 aromatic carbocycles. The number of piperidine rings is 1. The molecule has 0 saturated carbocycles. The number of methoxy groups -OCH3 is 1. The fraction of sp³-hybridized carbons (Fsp3) is 0.381. The van der Waals surface area contributed by atoms with Gasteiger partial charge in [-0.2, -0.15) is 0 Å². The smallest absolute Gasteiger partial charge is 0.337 e. The maximum atomic E-state index is 12.8. The van der Waals surface area contributed by atoms with Crippen molar-refractivity contribution in [2.24, 2.45) is 0 Å². The largest absolute Gasteiger partial charge is 0.465 e. The summed E-state index contributed by atoms with van der Waals surface area (Å²) in [6.45, 7) is 2.43. The third kappa shape index (κ3) is 4.23. The summed E-state index contributed by atoms with van der Waals surface area (Å²) in [5.74, 6) is -0.376. The van der Waals surface area contributed by atoms with Crippen LogP contribution in [0.5, 0.6) is 0 Å². The molecule has 0 radical (unpaired) electrons. The summed E-state index contributed by atoms with van der Waals surface area (Å²) in [4.78, 5) is 30.5. The molecular weight excluding hydrogens is 374 g/mol. The zero-order valence-electron chi connectivity index (χ0n) is 16.2. The Labute approximate surface area is 168 Å². The van der Waals surface area contributed by atoms with Gasteiger partial charge < -0.3 is 24.4 Å². The molecular formula is C21H23N3O5. The number of esters is 1. The van der Waals surface area contributed by atoms with Gasteiger partial charge in [0.15, 0.2) is 5.79 Å². The molecule has 152 valence electrons. The number of hydrogen-bond acceptors (Lipinski definition) is 7. The number of pyridine rings is 1. The van der Waals surface area contributed by atoms with Gasteiger partial charge in [-0.1, -0.05) is 6.07 Å². The molecule has 2 saturated heterocycles. The summed E-state index contributed by atoms with van der Waals surface area (Å²) in [6.07, 6.45) is 2.92. The zero-order chi connectivity index (χ0) is 20.3. The topological polar surface area (TPSA) is 90.0 Å². The van der Waals surface area contributed by atoms with Crippen LogP contribution < -0.4 is 5.32 Å². The first-order valence-corrected chi connectivity index (χ1v) is 9.57. The molecule has 0 aliphatic carbocycles. The molecule has 2 fully saturated rings. The summed E-state index contributed by atoms with van der Waals surface area (Å²) < 4.78 is 16.1. The number of benzene rings is 1. The lowest BCUT2D eigenvalue weighted by atomic mass is 10.0. The maximum Gasteiger partial charge on any atom is 0.337 e. The minimum absolute atomic E-state index is 0.0513. The van der Waals surface area contributed by atoms with Crippen LogP contribution in [-0.4, -0.2) is 61.0 Å². The molecule has 8 nitrogen and oxygen atoms in total. The number of ether oxygens (including phenoxy) is 3. The predicted octanol–water partition coefficient (Wildman–Crippen LogP) is 2.59. The molecule has 1 spiro atoms. The van der Waals surface area contributed by atoms with Crippen LogP contribution in [0.25, 0.3) is 0 Å². The van der Waals surface area contributed by atoms with Gasteiger partial charge in [0, 0.05) is 37.8 Å². The Bertz CT molecular complexity index is 883. The van der Waals surface area contributed by atoms with Crippen molar-refractivity contribution in [1.82, 2.24) is 9.88 Å². The second kappa shape index (κ2) is 8.18. The average Bonchev–Trinajstić information content (AvgIpc) is 3.22. The summed E-state index contributed by atoms with van der Waals surface area (Å²) in [5, 5.41) is 3.13. The Morgan fingerprint density at radius 3 is 2.52 bits per heavy atom. The van der Waals surface area contributed by atoms with Gasteiger partial charge in [0.1, 0.15) is 5.82 Å². The molecule has 2 aromatic rings. The van der Waals surface area contributed by atoms with Crippen molar-refractivity contribution in [2.45, 2.75) is 18.6 Å². The number of likely N-dealkylation sites (tertiary alicyclic amines) is 1. The first-order valence-electron chi connectivity index (χ1n) is 9.57. The third-order valence-corrected chi connectivity index (χ3v) is 5.19. The lowest BCUT2D eigenvalue weighted by Gasteiger charge is -2.37. The Morgan fingerprint density at radius 1 is 1.10 bits per heavy atom. The minimum atomic E-state index is -0.498. The van der Waals surface area contributed by atoms with Crippen LogP contribution in [0.2, 0.25) is 0 Å². The number of amides is 1. The Kier molecular flexibility index (Phi) is 5.46. The van der Waals surface area contributed by atoms with Gasteiger partial charge in [-0.25, -0.2) is 9.78 Å². The van der Waals surface area contributed by atoms with E-state index in [1.807, 2.05) is 6.07 Å². The van der Waals surface area contributed by atoms with Crippen molar-refractivity contribution in [2.75, 3.05) is 38.7 Å². The molecule has 1 aromatic heterocycles. The van der Waals surface area contributed by atoms with Crippen LogP contribution in [0.3, 0.4) is 0 Å². The molecule has 8 heteroatoms. The highest BCUT2D eigenvalue weighted by molar-refractivity contribution is 5.94. The fourth-order valence-electron chi connectivity index (χ4n) is 3.60. The van der Waals surface area contributed by atoms with Crippen LogP contribution in [0.4, 0.5) is 11.5 Å². The van der Waals surface area contributed by atoms with Crippen LogP contribution >= 0.6 is 0 Å². The van der Waals surface area contributed by atoms with E-state index in [0.29, 0.717) is 61.8 Å². The van der Waals surface area contributed by atoms with E-state index in [-0.39, 0.29) is 5.91 Å². The van der Waals surface area contributed by atoms with Gasteiger partial charge in [-0.15, -0.1) is 0 Å². The van der Waals surface area contributed by atoms with Crippen LogP contribution in [0, 0.1) is 0 Å². The number of rotatable bonds is 4. The van der Waals surface area contributed by atoms with Gasteiger partial charge in [0.05, 0.1) is 31.5 Å². The van der Waals surface area contributed by atoms with Gasteiger partial charge >= 0.3 is 5.97 Å². The zero-order valence-corrected chi connectivity index (χ0v) is 16.2. The number of nitrogens with one attached hydrogen (secondary N) is 1. The van der Waals surface area contributed by atoms with Crippen LogP contribution in [0.1, 0.15) is 33.6 Å². The number of carbonyl (C=O) groups is 2. The van der Waals surface area contributed by atoms with E-state index >= 15 is 0 Å². The van der Waals surface area contributed by atoms with Crippen LogP contribution in [0.15, 0.2) is 42.6 Å². The van der Waals surface area contributed by atoms with E-state index in [1.54, 1.807) is 41.4 Å². The van der Waals surface area contributed by atoms with E-state index in [0.717, 1.165) is 0 Å². The van der Waals surface area contributed by atoms with Gasteiger partial charge in [0.25, 0.3) is 5.91 Å². The first-order chi connectivity index (χ1) is 14.1. The first kappa shape index (κ1) is 19.4. The normalized spacial score (nSPS) is 17.9. The van der Waals surface area contributed by atoms with Gasteiger partial charge in [-0.05, 0) is 30.3 Å². The summed E-state index contributed by atoms with van der Waals surface area (Å²) in [6, 6.07) is 10.4. The van der Waals surface area contributed by atoms with E-state index in [4.69, 9.17) is 14.2 Å². The average molecular weight is 397 g/mol. The van der Waals surface area contributed by atoms with E-state index in [1.165, 1.54) is 7.11 Å². The Hall–Kier alpha value is -2.97. The van der Waals surface area contributed by atoms with E-state index in [9.17, 15) is 9.59 Å². The number of nitrogens with zero attached hydrogens (tertiary/aromatic N) is 2. The Balaban J connectivity index is 1.38. The molecule has 2 aliphatic heterocycles. The SMILES string of the molecule is COC(=O)c1cccc(Nc2ccc(C(=O)N3CCC4(CC3)OCCO4)cn2)c1. The summed E-state index contributed by atoms with van der Waals surface area (Å²) in [5.41, 5.74) is 1.68. The Morgan fingerprint density at radius 2 is 1.86 bits per heavy atom. The number of aromatic nitrogens is 1. The van der Waals surface area contributed by atoms with Crippen molar-refractivity contribution in [3.05, 3.63) is 53.7 Å². The molecule has 1 N–H and O–H groups in total. The molecule has 29 heavy (non-hydrogen) atoms. The van der Waals surface area contributed by atoms with Crippen molar-refractivity contribution >= 4 is 23.4 Å². The lowest BCUT2D eigenvalue weighted by molar-refractivity contribution is -0.181. The molecule has 3 heterocycles. The maximum absolute atomic E-state index is 12.8. The third-order valence-electron chi connectivity index (χ3n) is 5.19. The lowest BCUT2D eigenvalue weighted by Crippen LogP contribution is -2.47. The summed E-state index contributed by atoms with van der Waals surface area (Å²) in [7, 11) is 1.34. The van der Waals surface area contributed by atoms with Crippen molar-refractivity contribution in [3.8, 4) is 0 Å². The van der Waals surface area contributed by atoms with E-state index in [2.05, 4.69) is 10.3 Å². The molecule has 2 aliphatic rings. The van der Waals surface area contributed by atoms with Crippen molar-refractivity contribution in [3.63, 3.8) is 0 Å². The fourth-order valence-corrected chi connectivity index (χ4v) is 3.60. The number of anilines is 2. The molecule has 0 unspecified atom stereocenters. The van der Waals surface area contributed by atoms with Crippen molar-refractivity contribution in [1.29, 1.82) is 0 Å². The monoisotopic (exact) mass is 397 g/mol. The van der Waals surface area contributed by atoms with Crippen LogP contribution in [-0.2, 0) is 14.2 Å². The highest BCUT2D eigenvalue weighted by atomic mass is 16.7. The van der Waals surface area contributed by atoms with Gasteiger partial charge in [-0.3, -0.25) is 4.79 Å². The number of carbonyl (C=O) groups excluding carboxylic acids is 2. The standard InChI is InChI=1S/C21H23N3O5/c1-27-20(26)15-3-2-4-17(13-15)23-18-6-5-16(14-22-18)19(25)24-9-7-21(8-10-24)28-11-12-29-21/h2-6,13-14H,7-12H2,1H3,(H,22,23). The highest BCUT2D eigenvalue weighted by Gasteiger charge is 2.40. The molecule has 1 amide bonds. The van der Waals surface area contributed by atoms with Gasteiger partial charge in [0.2, 0.25) is 0 Å². The highest BCUT2D eigenvalue weighted by Crippen LogP contribution is 2.31. The summed E-state index contributed by atoms with van der Waals surface area (Å²) >= 11 is 0. The molecule has 0 atom stereocenters. The second-order valence-electron chi connectivity index (χ2n) is 7.03. The second-order valence-corrected chi connectivity index (χ2v) is 7.03.